The van der Waals surface area contributed by atoms with E-state index < -0.39 is 12.0 Å². The molecule has 3 N–H and O–H groups in total. The second kappa shape index (κ2) is 7.25. The summed E-state index contributed by atoms with van der Waals surface area (Å²) in [6, 6.07) is 11.6. The van der Waals surface area contributed by atoms with Crippen molar-refractivity contribution in [1.82, 2.24) is 19.7 Å². The van der Waals surface area contributed by atoms with Gasteiger partial charge in [0.15, 0.2) is 0 Å². The lowest BCUT2D eigenvalue weighted by atomic mass is 9.78. The Balaban J connectivity index is 1.54. The number of aliphatic hydroxyl groups is 1. The Morgan fingerprint density at radius 1 is 1.19 bits per heavy atom. The molecule has 0 bridgehead atoms. The van der Waals surface area contributed by atoms with Gasteiger partial charge < -0.3 is 10.8 Å². The van der Waals surface area contributed by atoms with Gasteiger partial charge in [-0.15, -0.1) is 0 Å². The molecule has 2 aromatic heterocycles. The molecule has 2 atom stereocenters. The Morgan fingerprint density at radius 3 is 2.62 bits per heavy atom. The van der Waals surface area contributed by atoms with Gasteiger partial charge in [-0.05, 0) is 24.0 Å². The summed E-state index contributed by atoms with van der Waals surface area (Å²) >= 11 is 0. The largest absolute Gasteiger partial charge is 0.383 e. The average Bonchev–Trinajstić information content (AvgIpc) is 3.28. The molecule has 0 spiro atoms. The van der Waals surface area contributed by atoms with Gasteiger partial charge in [0.2, 0.25) is 0 Å². The maximum atomic E-state index is 15.1. The quantitative estimate of drug-likeness (QED) is 0.504. The molecule has 5 rings (SSSR count). The summed E-state index contributed by atoms with van der Waals surface area (Å²) in [5.74, 6) is 0.0667. The summed E-state index contributed by atoms with van der Waals surface area (Å²) in [6.45, 7) is 7.78. The van der Waals surface area contributed by atoms with Crippen molar-refractivity contribution < 1.29 is 9.50 Å². The molecule has 1 aliphatic heterocycles. The lowest BCUT2D eigenvalue weighted by molar-refractivity contribution is 0.00990. The summed E-state index contributed by atoms with van der Waals surface area (Å²) in [5.41, 5.74) is 9.92. The topological polar surface area (TPSA) is 80.2 Å². The van der Waals surface area contributed by atoms with Crippen LogP contribution in [0.15, 0.2) is 42.6 Å². The Labute approximate surface area is 186 Å². The van der Waals surface area contributed by atoms with Crippen molar-refractivity contribution in [2.24, 2.45) is 12.5 Å². The Bertz CT molecular complexity index is 1330. The maximum Gasteiger partial charge on any atom is 0.136 e. The first-order valence-corrected chi connectivity index (χ1v) is 10.8. The maximum absolute atomic E-state index is 15.1. The number of nitrogens with two attached hydrogens (primary N) is 1. The molecule has 166 valence electrons. The van der Waals surface area contributed by atoms with Gasteiger partial charge in [-0.25, -0.2) is 9.37 Å². The number of aromatic nitrogens is 3. The van der Waals surface area contributed by atoms with E-state index in [9.17, 15) is 5.11 Å². The predicted molar refractivity (Wildman–Crippen MR) is 125 cm³/mol. The van der Waals surface area contributed by atoms with Crippen LogP contribution >= 0.6 is 0 Å². The molecule has 6 nitrogen and oxygen atoms in total. The molecule has 1 saturated heterocycles. The molecule has 32 heavy (non-hydrogen) atoms. The highest BCUT2D eigenvalue weighted by atomic mass is 19.1. The minimum absolute atomic E-state index is 0.0606. The van der Waals surface area contributed by atoms with E-state index >= 15 is 4.39 Å². The number of benzene rings is 2. The van der Waals surface area contributed by atoms with Gasteiger partial charge in [-0.2, -0.15) is 5.10 Å². The van der Waals surface area contributed by atoms with Crippen LogP contribution in [0.5, 0.6) is 0 Å². The summed E-state index contributed by atoms with van der Waals surface area (Å²) < 4.78 is 16.9. The minimum atomic E-state index is -1.06. The number of nitrogen functional groups attached to an aromatic ring is 1. The fraction of sp³-hybridized carbons (Fsp3) is 0.360. The molecule has 1 aliphatic rings. The molecule has 0 amide bonds. The van der Waals surface area contributed by atoms with Crippen LogP contribution in [-0.2, 0) is 7.05 Å². The third-order valence-electron chi connectivity index (χ3n) is 6.90. The molecule has 7 heteroatoms. The number of nitrogens with zero attached hydrogens (tertiary/aromatic N) is 4. The van der Waals surface area contributed by atoms with E-state index in [-0.39, 0.29) is 16.9 Å². The minimum Gasteiger partial charge on any atom is -0.383 e. The molecule has 2 unspecified atom stereocenters. The van der Waals surface area contributed by atoms with Crippen molar-refractivity contribution in [3.05, 3.63) is 65.1 Å². The second-order valence-electron chi connectivity index (χ2n) is 9.67. The van der Waals surface area contributed by atoms with E-state index in [1.54, 1.807) is 16.9 Å². The molecular weight excluding hydrogens is 405 g/mol. The third-order valence-corrected chi connectivity index (χ3v) is 6.90. The first-order chi connectivity index (χ1) is 15.2. The number of likely N-dealkylation sites (tertiary alicyclic amines) is 1. The molecular formula is C25H28FN5O. The third kappa shape index (κ3) is 3.24. The Kier molecular flexibility index (Phi) is 4.72. The monoisotopic (exact) mass is 433 g/mol. The van der Waals surface area contributed by atoms with Crippen molar-refractivity contribution in [3.63, 3.8) is 0 Å². The summed E-state index contributed by atoms with van der Waals surface area (Å²) in [4.78, 5) is 6.31. The van der Waals surface area contributed by atoms with E-state index in [0.717, 1.165) is 10.9 Å². The van der Waals surface area contributed by atoms with Crippen molar-refractivity contribution in [3.8, 4) is 0 Å². The van der Waals surface area contributed by atoms with Crippen LogP contribution in [0.2, 0.25) is 0 Å². The number of pyridine rings is 1. The zero-order chi connectivity index (χ0) is 22.8. The predicted octanol–water partition coefficient (Wildman–Crippen LogP) is 4.27. The number of anilines is 1. The summed E-state index contributed by atoms with van der Waals surface area (Å²) in [6.07, 6.45) is 0.598. The van der Waals surface area contributed by atoms with E-state index in [0.29, 0.717) is 29.8 Å². The van der Waals surface area contributed by atoms with Crippen molar-refractivity contribution in [2.45, 2.75) is 32.9 Å². The van der Waals surface area contributed by atoms with E-state index in [2.05, 4.69) is 55.1 Å². The van der Waals surface area contributed by atoms with Gasteiger partial charge in [0, 0.05) is 43.1 Å². The molecule has 0 radical (unpaired) electrons. The van der Waals surface area contributed by atoms with Crippen LogP contribution in [0.1, 0.15) is 42.7 Å². The zero-order valence-corrected chi connectivity index (χ0v) is 18.8. The van der Waals surface area contributed by atoms with E-state index in [1.807, 2.05) is 11.9 Å². The first kappa shape index (κ1) is 20.8. The average molecular weight is 434 g/mol. The number of hydrogen-bond donors (Lipinski definition) is 2. The second-order valence-corrected chi connectivity index (χ2v) is 9.67. The lowest BCUT2D eigenvalue weighted by Gasteiger charge is -2.26. The highest BCUT2D eigenvalue weighted by molar-refractivity contribution is 6.07. The Hall–Kier alpha value is -3.03. The number of aliphatic hydroxyl groups excluding tert-OH is 1. The fourth-order valence-corrected chi connectivity index (χ4v) is 5.11. The van der Waals surface area contributed by atoms with Gasteiger partial charge in [0.1, 0.15) is 17.9 Å². The molecule has 4 aromatic rings. The van der Waals surface area contributed by atoms with Gasteiger partial charge in [0.05, 0.1) is 22.6 Å². The van der Waals surface area contributed by atoms with Crippen LogP contribution in [0.25, 0.3) is 21.8 Å². The van der Waals surface area contributed by atoms with Crippen molar-refractivity contribution in [2.75, 3.05) is 18.8 Å². The van der Waals surface area contributed by atoms with Crippen molar-refractivity contribution >= 4 is 27.6 Å². The van der Waals surface area contributed by atoms with Crippen LogP contribution in [0, 0.1) is 18.2 Å². The van der Waals surface area contributed by atoms with Crippen molar-refractivity contribution in [1.29, 1.82) is 0 Å². The zero-order valence-electron chi connectivity index (χ0n) is 18.8. The molecule has 0 aliphatic carbocycles. The SMILES string of the molecule is Cc1ccc(C2CN(C(O)c3cc4c(cc3F)nc(N)c3cnn(C)c34)CC2(C)C)cc1. The molecule has 3 heterocycles. The summed E-state index contributed by atoms with van der Waals surface area (Å²) in [5, 5.41) is 17.0. The Morgan fingerprint density at radius 2 is 1.91 bits per heavy atom. The van der Waals surface area contributed by atoms with Crippen LogP contribution in [0.3, 0.4) is 0 Å². The van der Waals surface area contributed by atoms with Gasteiger partial charge in [-0.1, -0.05) is 43.7 Å². The van der Waals surface area contributed by atoms with Gasteiger partial charge in [0.25, 0.3) is 0 Å². The van der Waals surface area contributed by atoms with Crippen LogP contribution in [-0.4, -0.2) is 37.9 Å². The normalized spacial score (nSPS) is 19.8. The highest BCUT2D eigenvalue weighted by Crippen LogP contribution is 2.45. The number of hydrogen-bond acceptors (Lipinski definition) is 5. The van der Waals surface area contributed by atoms with Gasteiger partial charge in [-0.3, -0.25) is 9.58 Å². The van der Waals surface area contributed by atoms with E-state index in [4.69, 9.17) is 5.73 Å². The first-order valence-electron chi connectivity index (χ1n) is 10.8. The number of halogens is 1. The number of aryl methyl sites for hydroxylation is 2. The number of fused-ring (bicyclic) bond motifs is 3. The fourth-order valence-electron chi connectivity index (χ4n) is 5.11. The highest BCUT2D eigenvalue weighted by Gasteiger charge is 2.43. The molecule has 2 aromatic carbocycles. The van der Waals surface area contributed by atoms with E-state index in [1.165, 1.54) is 17.2 Å². The number of rotatable bonds is 3. The van der Waals surface area contributed by atoms with Crippen LogP contribution < -0.4 is 5.73 Å². The van der Waals surface area contributed by atoms with Crippen LogP contribution in [0.4, 0.5) is 10.2 Å². The standard InChI is InChI=1S/C25H28FN5O/c1-14-5-7-15(8-6-14)19-12-31(13-25(19,2)3)24(32)16-9-17-21(10-20(16)26)29-23(27)18-11-28-30(4)22(17)18/h5-11,19,24,32H,12-13H2,1-4H3,(H2,27,29). The lowest BCUT2D eigenvalue weighted by Crippen LogP contribution is -2.28. The smallest absolute Gasteiger partial charge is 0.136 e. The van der Waals surface area contributed by atoms with Gasteiger partial charge >= 0.3 is 0 Å². The summed E-state index contributed by atoms with van der Waals surface area (Å²) in [7, 11) is 1.82. The molecule has 1 fully saturated rings. The molecule has 0 saturated carbocycles.